The lowest BCUT2D eigenvalue weighted by atomic mass is 10.2. The van der Waals surface area contributed by atoms with Gasteiger partial charge in [-0.3, -0.25) is 9.69 Å². The van der Waals surface area contributed by atoms with Crippen molar-refractivity contribution in [1.82, 2.24) is 4.90 Å². The van der Waals surface area contributed by atoms with E-state index < -0.39 is 18.2 Å². The zero-order valence-electron chi connectivity index (χ0n) is 14.2. The summed E-state index contributed by atoms with van der Waals surface area (Å²) in [4.78, 5) is 30.6. The van der Waals surface area contributed by atoms with Crippen molar-refractivity contribution >= 4 is 33.6 Å². The van der Waals surface area contributed by atoms with Crippen molar-refractivity contribution < 1.29 is 14.3 Å². The van der Waals surface area contributed by atoms with Crippen LogP contribution in [0.15, 0.2) is 64.2 Å². The molecule has 0 aliphatic carbocycles. The first-order valence-corrected chi connectivity index (χ1v) is 8.98. The molecule has 3 rings (SSSR count). The van der Waals surface area contributed by atoms with Gasteiger partial charge < -0.3 is 9.64 Å². The Morgan fingerprint density at radius 2 is 1.89 bits per heavy atom. The molecule has 2 aromatic rings. The SMILES string of the molecule is [N-]=[N+]=NC1C(=O)N(c2ccc(Br)cc2)CCN1C(=O)OCc1ccccc1. The molecule has 0 aromatic heterocycles. The summed E-state index contributed by atoms with van der Waals surface area (Å²) in [7, 11) is 0. The monoisotopic (exact) mass is 429 g/mol. The van der Waals surface area contributed by atoms with E-state index in [1.54, 1.807) is 12.1 Å². The third-order valence-corrected chi connectivity index (χ3v) is 4.61. The van der Waals surface area contributed by atoms with Gasteiger partial charge in [0.2, 0.25) is 0 Å². The maximum atomic E-state index is 12.8. The number of piperazine rings is 1. The number of hydrogen-bond acceptors (Lipinski definition) is 4. The van der Waals surface area contributed by atoms with Crippen LogP contribution in [0, 0.1) is 0 Å². The van der Waals surface area contributed by atoms with Crippen LogP contribution in [-0.4, -0.2) is 36.2 Å². The molecule has 0 bridgehead atoms. The van der Waals surface area contributed by atoms with Crippen LogP contribution in [-0.2, 0) is 16.1 Å². The Bertz CT molecular complexity index is 868. The van der Waals surface area contributed by atoms with Crippen molar-refractivity contribution in [1.29, 1.82) is 0 Å². The smallest absolute Gasteiger partial charge is 0.410 e. The van der Waals surface area contributed by atoms with Crippen LogP contribution in [0.4, 0.5) is 10.5 Å². The number of ether oxygens (including phenoxy) is 1. The molecule has 2 amide bonds. The van der Waals surface area contributed by atoms with Crippen LogP contribution >= 0.6 is 15.9 Å². The summed E-state index contributed by atoms with van der Waals surface area (Å²) < 4.78 is 6.16. The number of benzene rings is 2. The van der Waals surface area contributed by atoms with Crippen LogP contribution in [0.25, 0.3) is 10.4 Å². The lowest BCUT2D eigenvalue weighted by Gasteiger charge is -2.37. The molecule has 0 radical (unpaired) electrons. The van der Waals surface area contributed by atoms with E-state index >= 15 is 0 Å². The van der Waals surface area contributed by atoms with Gasteiger partial charge in [-0.1, -0.05) is 51.4 Å². The second-order valence-electron chi connectivity index (χ2n) is 5.78. The molecule has 0 N–H and O–H groups in total. The molecule has 138 valence electrons. The highest BCUT2D eigenvalue weighted by Crippen LogP contribution is 2.24. The first kappa shape index (κ1) is 18.8. The summed E-state index contributed by atoms with van der Waals surface area (Å²) in [6.07, 6.45) is -1.98. The van der Waals surface area contributed by atoms with E-state index in [0.717, 1.165) is 14.9 Å². The van der Waals surface area contributed by atoms with Crippen LogP contribution in [0.1, 0.15) is 5.56 Å². The molecule has 2 aromatic carbocycles. The zero-order valence-corrected chi connectivity index (χ0v) is 15.8. The van der Waals surface area contributed by atoms with Crippen LogP contribution in [0.5, 0.6) is 0 Å². The van der Waals surface area contributed by atoms with Gasteiger partial charge in [0, 0.05) is 28.2 Å². The molecule has 0 saturated carbocycles. The van der Waals surface area contributed by atoms with Gasteiger partial charge in [-0.15, -0.1) is 0 Å². The number of rotatable bonds is 4. The summed E-state index contributed by atoms with van der Waals surface area (Å²) in [5.74, 6) is -0.474. The summed E-state index contributed by atoms with van der Waals surface area (Å²) >= 11 is 3.35. The maximum absolute atomic E-state index is 12.8. The van der Waals surface area contributed by atoms with E-state index in [1.165, 1.54) is 4.90 Å². The Kier molecular flexibility index (Phi) is 5.95. The van der Waals surface area contributed by atoms with Gasteiger partial charge in [-0.25, -0.2) is 4.79 Å². The van der Waals surface area contributed by atoms with Crippen molar-refractivity contribution in [2.75, 3.05) is 18.0 Å². The molecule has 1 unspecified atom stereocenters. The molecule has 9 heteroatoms. The molecule has 1 heterocycles. The number of carbonyl (C=O) groups excluding carboxylic acids is 2. The van der Waals surface area contributed by atoms with Crippen molar-refractivity contribution in [3.8, 4) is 0 Å². The second kappa shape index (κ2) is 8.57. The highest BCUT2D eigenvalue weighted by Gasteiger charge is 2.38. The number of hydrogen-bond donors (Lipinski definition) is 0. The van der Waals surface area contributed by atoms with E-state index in [4.69, 9.17) is 10.3 Å². The second-order valence-corrected chi connectivity index (χ2v) is 6.69. The van der Waals surface area contributed by atoms with Crippen LogP contribution in [0.3, 0.4) is 0 Å². The van der Waals surface area contributed by atoms with Gasteiger partial charge in [0.1, 0.15) is 6.61 Å². The van der Waals surface area contributed by atoms with E-state index in [0.29, 0.717) is 5.69 Å². The van der Waals surface area contributed by atoms with Gasteiger partial charge >= 0.3 is 6.09 Å². The van der Waals surface area contributed by atoms with Gasteiger partial charge in [0.05, 0.1) is 0 Å². The molecule has 1 fully saturated rings. The first-order valence-electron chi connectivity index (χ1n) is 8.18. The van der Waals surface area contributed by atoms with Crippen molar-refractivity contribution in [3.63, 3.8) is 0 Å². The van der Waals surface area contributed by atoms with Gasteiger partial charge in [0.15, 0.2) is 6.17 Å². The van der Waals surface area contributed by atoms with E-state index in [1.807, 2.05) is 42.5 Å². The number of amides is 2. The number of carbonyl (C=O) groups is 2. The van der Waals surface area contributed by atoms with E-state index in [2.05, 4.69) is 26.0 Å². The average molecular weight is 430 g/mol. The molecule has 8 nitrogen and oxygen atoms in total. The Balaban J connectivity index is 1.73. The van der Waals surface area contributed by atoms with Crippen molar-refractivity contribution in [3.05, 3.63) is 75.1 Å². The summed E-state index contributed by atoms with van der Waals surface area (Å²) in [5, 5.41) is 3.52. The molecular formula is C18H16BrN5O3. The fourth-order valence-corrected chi connectivity index (χ4v) is 3.01. The Morgan fingerprint density at radius 1 is 1.19 bits per heavy atom. The summed E-state index contributed by atoms with van der Waals surface area (Å²) in [5.41, 5.74) is 10.3. The molecule has 1 aliphatic rings. The van der Waals surface area contributed by atoms with E-state index in [9.17, 15) is 9.59 Å². The van der Waals surface area contributed by atoms with Crippen molar-refractivity contribution in [2.45, 2.75) is 12.8 Å². The van der Waals surface area contributed by atoms with Crippen LogP contribution in [0.2, 0.25) is 0 Å². The largest absolute Gasteiger partial charge is 0.445 e. The Labute approximate surface area is 164 Å². The Morgan fingerprint density at radius 3 is 2.56 bits per heavy atom. The molecular weight excluding hydrogens is 414 g/mol. The zero-order chi connectivity index (χ0) is 19.2. The van der Waals surface area contributed by atoms with Gasteiger partial charge in [-0.05, 0) is 35.4 Å². The third kappa shape index (κ3) is 4.39. The third-order valence-electron chi connectivity index (χ3n) is 4.09. The lowest BCUT2D eigenvalue weighted by Crippen LogP contribution is -2.58. The number of nitrogens with zero attached hydrogens (tertiary/aromatic N) is 5. The minimum absolute atomic E-state index is 0.0732. The molecule has 1 atom stereocenters. The minimum atomic E-state index is -1.28. The highest BCUT2D eigenvalue weighted by atomic mass is 79.9. The molecule has 1 aliphatic heterocycles. The quantitative estimate of drug-likeness (QED) is 0.415. The van der Waals surface area contributed by atoms with Crippen LogP contribution < -0.4 is 4.90 Å². The Hall–Kier alpha value is -3.03. The summed E-state index contributed by atoms with van der Waals surface area (Å²) in [6.45, 7) is 0.543. The predicted octanol–water partition coefficient (Wildman–Crippen LogP) is 4.07. The lowest BCUT2D eigenvalue weighted by molar-refractivity contribution is -0.125. The fourth-order valence-electron chi connectivity index (χ4n) is 2.74. The summed E-state index contributed by atoms with van der Waals surface area (Å²) in [6, 6.07) is 16.4. The number of azide groups is 1. The number of anilines is 1. The van der Waals surface area contributed by atoms with Gasteiger partial charge in [0.25, 0.3) is 5.91 Å². The first-order chi connectivity index (χ1) is 13.1. The normalized spacial score (nSPS) is 16.6. The van der Waals surface area contributed by atoms with Gasteiger partial charge in [-0.2, -0.15) is 0 Å². The maximum Gasteiger partial charge on any atom is 0.410 e. The minimum Gasteiger partial charge on any atom is -0.445 e. The van der Waals surface area contributed by atoms with E-state index in [-0.39, 0.29) is 19.7 Å². The topological polar surface area (TPSA) is 98.6 Å². The fraction of sp³-hybridized carbons (Fsp3) is 0.222. The van der Waals surface area contributed by atoms with Crippen molar-refractivity contribution in [2.24, 2.45) is 5.11 Å². The number of halogens is 1. The standard InChI is InChI=1S/C18H16BrN5O3/c19-14-6-8-15(9-7-14)23-10-11-24(16(17(23)25)21-22-20)18(26)27-12-13-4-2-1-3-5-13/h1-9,16H,10-12H2. The highest BCUT2D eigenvalue weighted by molar-refractivity contribution is 9.10. The molecule has 27 heavy (non-hydrogen) atoms. The predicted molar refractivity (Wildman–Crippen MR) is 103 cm³/mol. The average Bonchev–Trinajstić information content (AvgIpc) is 2.69. The molecule has 0 spiro atoms. The molecule has 1 saturated heterocycles.